The number of rotatable bonds is 2. The van der Waals surface area contributed by atoms with Gasteiger partial charge < -0.3 is 10.6 Å². The van der Waals surface area contributed by atoms with Crippen molar-refractivity contribution in [1.82, 2.24) is 9.97 Å². The minimum atomic E-state index is 0. The van der Waals surface area contributed by atoms with Crippen LogP contribution in [0.2, 0.25) is 0 Å². The summed E-state index contributed by atoms with van der Waals surface area (Å²) in [6.07, 6.45) is 6.40. The van der Waals surface area contributed by atoms with Gasteiger partial charge in [0.05, 0.1) is 6.20 Å². The average Bonchev–Trinajstić information content (AvgIpc) is 2.67. The highest BCUT2D eigenvalue weighted by Gasteiger charge is 2.21. The van der Waals surface area contributed by atoms with Gasteiger partial charge in [0.2, 0.25) is 0 Å². The lowest BCUT2D eigenvalue weighted by molar-refractivity contribution is 0.602. The fraction of sp³-hybridized carbons (Fsp3) is 0.556. The molecule has 78 valence electrons. The van der Waals surface area contributed by atoms with Gasteiger partial charge in [0, 0.05) is 25.5 Å². The van der Waals surface area contributed by atoms with Crippen molar-refractivity contribution in [1.29, 1.82) is 0 Å². The number of hydrogen-bond acceptors (Lipinski definition) is 4. The van der Waals surface area contributed by atoms with Crippen LogP contribution >= 0.6 is 12.4 Å². The monoisotopic (exact) mass is 214 g/mol. The standard InChI is InChI=1S/C9H14N4.ClH/c10-5-8-1-4-13(7-8)9-6-11-2-3-12-9;/h2-3,6,8H,1,4-5,7,10H2;1H. The fourth-order valence-corrected chi connectivity index (χ4v) is 1.69. The maximum atomic E-state index is 5.61. The van der Waals surface area contributed by atoms with Crippen molar-refractivity contribution in [3.05, 3.63) is 18.6 Å². The Morgan fingerprint density at radius 1 is 1.50 bits per heavy atom. The van der Waals surface area contributed by atoms with Gasteiger partial charge in [-0.3, -0.25) is 4.98 Å². The number of aromatic nitrogens is 2. The zero-order valence-electron chi connectivity index (χ0n) is 7.97. The number of halogens is 1. The first-order valence-electron chi connectivity index (χ1n) is 4.61. The lowest BCUT2D eigenvalue weighted by Crippen LogP contribution is -2.23. The molecule has 0 spiro atoms. The summed E-state index contributed by atoms with van der Waals surface area (Å²) >= 11 is 0. The molecule has 2 N–H and O–H groups in total. The third-order valence-electron chi connectivity index (χ3n) is 2.49. The molecule has 1 unspecified atom stereocenters. The molecule has 0 amide bonds. The van der Waals surface area contributed by atoms with E-state index < -0.39 is 0 Å². The molecule has 14 heavy (non-hydrogen) atoms. The molecule has 5 heteroatoms. The third-order valence-corrected chi connectivity index (χ3v) is 2.49. The van der Waals surface area contributed by atoms with Crippen LogP contribution in [0.4, 0.5) is 5.82 Å². The van der Waals surface area contributed by atoms with Crippen molar-refractivity contribution >= 4 is 18.2 Å². The molecule has 1 aliphatic rings. The first kappa shape index (κ1) is 11.2. The Balaban J connectivity index is 0.000000980. The summed E-state index contributed by atoms with van der Waals surface area (Å²) in [5.41, 5.74) is 5.61. The summed E-state index contributed by atoms with van der Waals surface area (Å²) in [6, 6.07) is 0. The van der Waals surface area contributed by atoms with E-state index in [-0.39, 0.29) is 12.4 Å². The van der Waals surface area contributed by atoms with Crippen LogP contribution in [0.1, 0.15) is 6.42 Å². The number of anilines is 1. The van der Waals surface area contributed by atoms with Crippen LogP contribution in [0, 0.1) is 5.92 Å². The second-order valence-corrected chi connectivity index (χ2v) is 3.40. The van der Waals surface area contributed by atoms with E-state index in [1.807, 2.05) is 0 Å². The molecule has 1 aromatic heterocycles. The van der Waals surface area contributed by atoms with Gasteiger partial charge in [-0.1, -0.05) is 0 Å². The van der Waals surface area contributed by atoms with Crippen LogP contribution in [0.5, 0.6) is 0 Å². The molecule has 2 rings (SSSR count). The Bertz CT molecular complexity index is 267. The van der Waals surface area contributed by atoms with Gasteiger partial charge in [-0.25, -0.2) is 4.98 Å². The van der Waals surface area contributed by atoms with Crippen molar-refractivity contribution in [3.63, 3.8) is 0 Å². The van der Waals surface area contributed by atoms with Crippen LogP contribution in [-0.4, -0.2) is 29.6 Å². The van der Waals surface area contributed by atoms with Crippen molar-refractivity contribution in [3.8, 4) is 0 Å². The van der Waals surface area contributed by atoms with Gasteiger partial charge in [-0.05, 0) is 18.9 Å². The highest BCUT2D eigenvalue weighted by Crippen LogP contribution is 2.19. The molecule has 1 saturated heterocycles. The Kier molecular flexibility index (Phi) is 4.10. The van der Waals surface area contributed by atoms with E-state index in [1.165, 1.54) is 6.42 Å². The lowest BCUT2D eigenvalue weighted by atomic mass is 10.1. The highest BCUT2D eigenvalue weighted by molar-refractivity contribution is 5.85. The predicted octanol–water partition coefficient (Wildman–Crippen LogP) is 0.683. The summed E-state index contributed by atoms with van der Waals surface area (Å²) < 4.78 is 0. The second-order valence-electron chi connectivity index (χ2n) is 3.40. The molecular formula is C9H15ClN4. The van der Waals surface area contributed by atoms with Gasteiger partial charge >= 0.3 is 0 Å². The Labute approximate surface area is 89.9 Å². The van der Waals surface area contributed by atoms with E-state index >= 15 is 0 Å². The first-order chi connectivity index (χ1) is 6.40. The van der Waals surface area contributed by atoms with Crippen molar-refractivity contribution in [2.75, 3.05) is 24.5 Å². The van der Waals surface area contributed by atoms with E-state index in [4.69, 9.17) is 5.73 Å². The number of nitrogens with two attached hydrogens (primary N) is 1. The minimum Gasteiger partial charge on any atom is -0.355 e. The molecule has 1 aliphatic heterocycles. The van der Waals surface area contributed by atoms with E-state index in [0.29, 0.717) is 5.92 Å². The average molecular weight is 215 g/mol. The number of hydrogen-bond donors (Lipinski definition) is 1. The van der Waals surface area contributed by atoms with Crippen LogP contribution in [-0.2, 0) is 0 Å². The minimum absolute atomic E-state index is 0. The maximum Gasteiger partial charge on any atom is 0.147 e. The maximum absolute atomic E-state index is 5.61. The van der Waals surface area contributed by atoms with Crippen molar-refractivity contribution < 1.29 is 0 Å². The molecule has 0 aromatic carbocycles. The van der Waals surface area contributed by atoms with Gasteiger partial charge in [0.15, 0.2) is 0 Å². The summed E-state index contributed by atoms with van der Waals surface area (Å²) in [6.45, 7) is 2.85. The lowest BCUT2D eigenvalue weighted by Gasteiger charge is -2.15. The zero-order valence-corrected chi connectivity index (χ0v) is 8.78. The van der Waals surface area contributed by atoms with Gasteiger partial charge in [0.25, 0.3) is 0 Å². The van der Waals surface area contributed by atoms with E-state index in [0.717, 1.165) is 25.5 Å². The molecule has 0 aliphatic carbocycles. The Morgan fingerprint density at radius 3 is 2.93 bits per heavy atom. The predicted molar refractivity (Wildman–Crippen MR) is 58.7 cm³/mol. The Morgan fingerprint density at radius 2 is 2.36 bits per heavy atom. The second kappa shape index (κ2) is 5.12. The SMILES string of the molecule is Cl.NCC1CCN(c2cnccn2)C1. The van der Waals surface area contributed by atoms with E-state index in [9.17, 15) is 0 Å². The van der Waals surface area contributed by atoms with Crippen molar-refractivity contribution in [2.45, 2.75) is 6.42 Å². The van der Waals surface area contributed by atoms with Gasteiger partial charge in [-0.15, -0.1) is 12.4 Å². The normalized spacial score (nSPS) is 20.6. The molecule has 1 aromatic rings. The van der Waals surface area contributed by atoms with E-state index in [2.05, 4.69) is 14.9 Å². The first-order valence-corrected chi connectivity index (χ1v) is 4.61. The molecule has 0 saturated carbocycles. The smallest absolute Gasteiger partial charge is 0.147 e. The largest absolute Gasteiger partial charge is 0.355 e. The van der Waals surface area contributed by atoms with Gasteiger partial charge in [-0.2, -0.15) is 0 Å². The van der Waals surface area contributed by atoms with Crippen molar-refractivity contribution in [2.24, 2.45) is 11.7 Å². The zero-order chi connectivity index (χ0) is 9.10. The summed E-state index contributed by atoms with van der Waals surface area (Å²) in [4.78, 5) is 10.5. The summed E-state index contributed by atoms with van der Waals surface area (Å²) in [5, 5.41) is 0. The topological polar surface area (TPSA) is 55.0 Å². The summed E-state index contributed by atoms with van der Waals surface area (Å²) in [7, 11) is 0. The van der Waals surface area contributed by atoms with Crippen LogP contribution in [0.25, 0.3) is 0 Å². The van der Waals surface area contributed by atoms with E-state index in [1.54, 1.807) is 18.6 Å². The molecular weight excluding hydrogens is 200 g/mol. The van der Waals surface area contributed by atoms with Crippen LogP contribution in [0.3, 0.4) is 0 Å². The quantitative estimate of drug-likeness (QED) is 0.787. The van der Waals surface area contributed by atoms with Gasteiger partial charge in [0.1, 0.15) is 5.82 Å². The molecule has 2 heterocycles. The molecule has 1 fully saturated rings. The van der Waals surface area contributed by atoms with Crippen LogP contribution in [0.15, 0.2) is 18.6 Å². The number of nitrogens with zero attached hydrogens (tertiary/aromatic N) is 3. The third kappa shape index (κ3) is 2.33. The van der Waals surface area contributed by atoms with Crippen LogP contribution < -0.4 is 10.6 Å². The highest BCUT2D eigenvalue weighted by atomic mass is 35.5. The fourth-order valence-electron chi connectivity index (χ4n) is 1.69. The molecule has 1 atom stereocenters. The molecule has 4 nitrogen and oxygen atoms in total. The molecule has 0 bridgehead atoms. The Hall–Kier alpha value is -0.870. The summed E-state index contributed by atoms with van der Waals surface area (Å²) in [5.74, 6) is 1.60. The molecule has 0 radical (unpaired) electrons.